The van der Waals surface area contributed by atoms with Crippen LogP contribution in [0.15, 0.2) is 24.5 Å². The molecule has 2 heteroatoms. The van der Waals surface area contributed by atoms with Crippen molar-refractivity contribution in [2.24, 2.45) is 5.92 Å². The minimum Gasteiger partial charge on any atom is -0.388 e. The maximum absolute atomic E-state index is 9.89. The van der Waals surface area contributed by atoms with Crippen molar-refractivity contribution in [2.75, 3.05) is 0 Å². The van der Waals surface area contributed by atoms with Gasteiger partial charge in [-0.3, -0.25) is 4.98 Å². The second-order valence-corrected chi connectivity index (χ2v) is 3.49. The van der Waals surface area contributed by atoms with Crippen molar-refractivity contribution in [3.8, 4) is 0 Å². The van der Waals surface area contributed by atoms with Crippen LogP contribution < -0.4 is 0 Å². The summed E-state index contributed by atoms with van der Waals surface area (Å²) in [6.45, 7) is 4.21. The van der Waals surface area contributed by atoms with E-state index in [9.17, 15) is 5.11 Å². The molecule has 1 aromatic heterocycles. The highest BCUT2D eigenvalue weighted by atomic mass is 16.3. The van der Waals surface area contributed by atoms with Gasteiger partial charge in [0.15, 0.2) is 0 Å². The number of aliphatic hydroxyl groups excluding tert-OH is 1. The molecule has 1 aromatic rings. The quantitative estimate of drug-likeness (QED) is 0.770. The third kappa shape index (κ3) is 2.81. The van der Waals surface area contributed by atoms with E-state index in [0.29, 0.717) is 5.92 Å². The maximum Gasteiger partial charge on any atom is 0.0816 e. The Labute approximate surface area is 79.6 Å². The maximum atomic E-state index is 9.89. The van der Waals surface area contributed by atoms with Crippen molar-refractivity contribution in [3.63, 3.8) is 0 Å². The Morgan fingerprint density at radius 1 is 1.38 bits per heavy atom. The van der Waals surface area contributed by atoms with Gasteiger partial charge in [0.1, 0.15) is 0 Å². The third-order valence-corrected chi connectivity index (χ3v) is 2.33. The van der Waals surface area contributed by atoms with Crippen LogP contribution in [-0.4, -0.2) is 10.1 Å². The SMILES string of the molecule is CCCC(C)C(O)c1ccncc1. The fourth-order valence-electron chi connectivity index (χ4n) is 1.50. The van der Waals surface area contributed by atoms with Gasteiger partial charge in [0.05, 0.1) is 6.10 Å². The van der Waals surface area contributed by atoms with Crippen LogP contribution in [0.5, 0.6) is 0 Å². The molecule has 0 aliphatic rings. The summed E-state index contributed by atoms with van der Waals surface area (Å²) in [6, 6.07) is 3.74. The van der Waals surface area contributed by atoms with Crippen molar-refractivity contribution in [1.82, 2.24) is 4.98 Å². The summed E-state index contributed by atoms with van der Waals surface area (Å²) in [5, 5.41) is 9.89. The van der Waals surface area contributed by atoms with Gasteiger partial charge in [-0.1, -0.05) is 20.3 Å². The standard InChI is InChI=1S/C11H17NO/c1-3-4-9(2)11(13)10-5-7-12-8-6-10/h5-9,11,13H,3-4H2,1-2H3. The van der Waals surface area contributed by atoms with Crippen LogP contribution in [-0.2, 0) is 0 Å². The van der Waals surface area contributed by atoms with Crippen molar-refractivity contribution in [1.29, 1.82) is 0 Å². The van der Waals surface area contributed by atoms with Crippen LogP contribution in [0.25, 0.3) is 0 Å². The molecule has 0 bridgehead atoms. The van der Waals surface area contributed by atoms with E-state index in [4.69, 9.17) is 0 Å². The normalized spacial score (nSPS) is 15.3. The summed E-state index contributed by atoms with van der Waals surface area (Å²) in [6.07, 6.45) is 5.27. The summed E-state index contributed by atoms with van der Waals surface area (Å²) in [7, 11) is 0. The topological polar surface area (TPSA) is 33.1 Å². The van der Waals surface area contributed by atoms with Gasteiger partial charge >= 0.3 is 0 Å². The van der Waals surface area contributed by atoms with E-state index in [-0.39, 0.29) is 6.10 Å². The van der Waals surface area contributed by atoms with Crippen molar-refractivity contribution >= 4 is 0 Å². The lowest BCUT2D eigenvalue weighted by Gasteiger charge is -2.17. The Hall–Kier alpha value is -0.890. The number of pyridine rings is 1. The highest BCUT2D eigenvalue weighted by molar-refractivity contribution is 5.13. The average Bonchev–Trinajstić information content (AvgIpc) is 2.18. The lowest BCUT2D eigenvalue weighted by molar-refractivity contribution is 0.112. The molecule has 0 saturated heterocycles. The highest BCUT2D eigenvalue weighted by Crippen LogP contribution is 2.24. The molecule has 1 rings (SSSR count). The summed E-state index contributed by atoms with van der Waals surface area (Å²) in [5.74, 6) is 0.326. The number of hydrogen-bond donors (Lipinski definition) is 1. The summed E-state index contributed by atoms with van der Waals surface area (Å²) >= 11 is 0. The molecular weight excluding hydrogens is 162 g/mol. The minimum atomic E-state index is -0.344. The summed E-state index contributed by atoms with van der Waals surface area (Å²) < 4.78 is 0. The number of rotatable bonds is 4. The predicted octanol–water partition coefficient (Wildman–Crippen LogP) is 2.55. The Balaban J connectivity index is 2.62. The smallest absolute Gasteiger partial charge is 0.0816 e. The zero-order chi connectivity index (χ0) is 9.68. The highest BCUT2D eigenvalue weighted by Gasteiger charge is 2.14. The largest absolute Gasteiger partial charge is 0.388 e. The Kier molecular flexibility index (Phi) is 3.90. The van der Waals surface area contributed by atoms with Gasteiger partial charge in [0.25, 0.3) is 0 Å². The predicted molar refractivity (Wildman–Crippen MR) is 53.3 cm³/mol. The number of nitrogens with zero attached hydrogens (tertiary/aromatic N) is 1. The lowest BCUT2D eigenvalue weighted by Crippen LogP contribution is -2.08. The summed E-state index contributed by atoms with van der Waals surface area (Å²) in [5.41, 5.74) is 0.968. The van der Waals surface area contributed by atoms with E-state index in [0.717, 1.165) is 18.4 Å². The first-order valence-corrected chi connectivity index (χ1v) is 4.83. The van der Waals surface area contributed by atoms with Gasteiger partial charge in [0.2, 0.25) is 0 Å². The van der Waals surface area contributed by atoms with Crippen molar-refractivity contribution in [2.45, 2.75) is 32.8 Å². The first-order valence-electron chi connectivity index (χ1n) is 4.83. The van der Waals surface area contributed by atoms with Crippen LogP contribution in [0.2, 0.25) is 0 Å². The van der Waals surface area contributed by atoms with Gasteiger partial charge in [0, 0.05) is 12.4 Å². The number of aromatic nitrogens is 1. The molecule has 2 atom stereocenters. The van der Waals surface area contributed by atoms with Crippen LogP contribution in [0, 0.1) is 5.92 Å². The number of aliphatic hydroxyl groups is 1. The molecule has 0 aliphatic heterocycles. The fraction of sp³-hybridized carbons (Fsp3) is 0.545. The molecule has 72 valence electrons. The van der Waals surface area contributed by atoms with Crippen LogP contribution >= 0.6 is 0 Å². The van der Waals surface area contributed by atoms with Crippen LogP contribution in [0.1, 0.15) is 38.4 Å². The number of hydrogen-bond acceptors (Lipinski definition) is 2. The molecule has 0 saturated carbocycles. The first-order chi connectivity index (χ1) is 6.25. The zero-order valence-electron chi connectivity index (χ0n) is 8.27. The second-order valence-electron chi connectivity index (χ2n) is 3.49. The zero-order valence-corrected chi connectivity index (χ0v) is 8.27. The molecule has 0 spiro atoms. The Morgan fingerprint density at radius 2 is 2.00 bits per heavy atom. The second kappa shape index (κ2) is 4.97. The van der Waals surface area contributed by atoms with Crippen LogP contribution in [0.4, 0.5) is 0 Å². The molecule has 0 radical (unpaired) electrons. The molecule has 2 unspecified atom stereocenters. The molecule has 2 nitrogen and oxygen atoms in total. The molecular formula is C11H17NO. The van der Waals surface area contributed by atoms with Crippen LogP contribution in [0.3, 0.4) is 0 Å². The Bertz CT molecular complexity index is 235. The fourth-order valence-corrected chi connectivity index (χ4v) is 1.50. The van der Waals surface area contributed by atoms with Gasteiger partial charge in [-0.15, -0.1) is 0 Å². The summed E-state index contributed by atoms with van der Waals surface area (Å²) in [4.78, 5) is 3.92. The van der Waals surface area contributed by atoms with Gasteiger partial charge in [-0.2, -0.15) is 0 Å². The molecule has 0 aliphatic carbocycles. The van der Waals surface area contributed by atoms with E-state index >= 15 is 0 Å². The van der Waals surface area contributed by atoms with E-state index in [1.54, 1.807) is 12.4 Å². The molecule has 0 amide bonds. The Morgan fingerprint density at radius 3 is 2.54 bits per heavy atom. The average molecular weight is 179 g/mol. The minimum absolute atomic E-state index is 0.326. The first kappa shape index (κ1) is 10.2. The monoisotopic (exact) mass is 179 g/mol. The third-order valence-electron chi connectivity index (χ3n) is 2.33. The van der Waals surface area contributed by atoms with E-state index in [2.05, 4.69) is 18.8 Å². The van der Waals surface area contributed by atoms with Crippen molar-refractivity contribution < 1.29 is 5.11 Å². The van der Waals surface area contributed by atoms with Gasteiger partial charge in [-0.25, -0.2) is 0 Å². The lowest BCUT2D eigenvalue weighted by atomic mass is 9.94. The van der Waals surface area contributed by atoms with E-state index in [1.807, 2.05) is 12.1 Å². The molecule has 0 aromatic carbocycles. The van der Waals surface area contributed by atoms with E-state index < -0.39 is 0 Å². The van der Waals surface area contributed by atoms with Gasteiger partial charge < -0.3 is 5.11 Å². The van der Waals surface area contributed by atoms with Crippen molar-refractivity contribution in [3.05, 3.63) is 30.1 Å². The van der Waals surface area contributed by atoms with Gasteiger partial charge in [-0.05, 0) is 30.0 Å². The molecule has 13 heavy (non-hydrogen) atoms. The molecule has 1 N–H and O–H groups in total. The van der Waals surface area contributed by atoms with E-state index in [1.165, 1.54) is 0 Å². The molecule has 0 fully saturated rings. The molecule has 1 heterocycles.